The summed E-state index contributed by atoms with van der Waals surface area (Å²) in [4.78, 5) is 22.4. The maximum atomic E-state index is 12.1. The number of nitrogens with zero attached hydrogens (tertiary/aromatic N) is 1. The zero-order valence-corrected chi connectivity index (χ0v) is 13.3. The predicted octanol–water partition coefficient (Wildman–Crippen LogP) is 4.82. The summed E-state index contributed by atoms with van der Waals surface area (Å²) >= 11 is 7.49. The van der Waals surface area contributed by atoms with E-state index in [9.17, 15) is 14.9 Å². The van der Waals surface area contributed by atoms with Crippen molar-refractivity contribution in [3.05, 3.63) is 74.1 Å². The summed E-state index contributed by atoms with van der Waals surface area (Å²) < 4.78 is 6.36. The average Bonchev–Trinajstić information content (AvgIpc) is 2.96. The largest absolute Gasteiger partial charge is 0.457 e. The molecule has 0 fully saturated rings. The molecule has 3 aromatic rings. The molecule has 0 saturated carbocycles. The van der Waals surface area contributed by atoms with E-state index in [0.717, 1.165) is 21.7 Å². The second-order valence-electron chi connectivity index (χ2n) is 4.75. The summed E-state index contributed by atoms with van der Waals surface area (Å²) in [5, 5.41) is 13.9. The minimum absolute atomic E-state index is 0.0135. The number of rotatable bonds is 4. The van der Waals surface area contributed by atoms with Crippen LogP contribution < -0.4 is 0 Å². The van der Waals surface area contributed by atoms with Crippen molar-refractivity contribution < 1.29 is 14.5 Å². The Hall–Kier alpha value is -2.44. The molecule has 0 aliphatic rings. The van der Waals surface area contributed by atoms with E-state index in [-0.39, 0.29) is 22.9 Å². The predicted molar refractivity (Wildman–Crippen MR) is 89.1 cm³/mol. The Labute approximate surface area is 140 Å². The number of thiophene rings is 1. The number of carbonyl (C=O) groups is 1. The van der Waals surface area contributed by atoms with Gasteiger partial charge in [-0.1, -0.05) is 29.8 Å². The van der Waals surface area contributed by atoms with E-state index in [1.807, 2.05) is 29.6 Å². The van der Waals surface area contributed by atoms with Gasteiger partial charge >= 0.3 is 5.97 Å². The SMILES string of the molecule is O=C(OCc1csc2ccccc12)c1cc([N+](=O)[O-])ccc1Cl. The van der Waals surface area contributed by atoms with Crippen molar-refractivity contribution in [3.8, 4) is 0 Å². The molecule has 0 amide bonds. The van der Waals surface area contributed by atoms with Crippen LogP contribution in [0.1, 0.15) is 15.9 Å². The number of carbonyl (C=O) groups excluding carboxylic acids is 1. The molecule has 0 atom stereocenters. The average molecular weight is 348 g/mol. The topological polar surface area (TPSA) is 69.4 Å². The van der Waals surface area contributed by atoms with Gasteiger partial charge in [0, 0.05) is 22.4 Å². The van der Waals surface area contributed by atoms with E-state index < -0.39 is 10.9 Å². The lowest BCUT2D eigenvalue weighted by Crippen LogP contribution is -2.06. The fraction of sp³-hybridized carbons (Fsp3) is 0.0625. The fourth-order valence-electron chi connectivity index (χ4n) is 2.15. The van der Waals surface area contributed by atoms with E-state index in [4.69, 9.17) is 16.3 Å². The number of benzene rings is 2. The molecule has 0 N–H and O–H groups in total. The molecular weight excluding hydrogens is 338 g/mol. The van der Waals surface area contributed by atoms with E-state index in [1.54, 1.807) is 11.3 Å². The van der Waals surface area contributed by atoms with Crippen molar-refractivity contribution >= 4 is 44.7 Å². The van der Waals surface area contributed by atoms with E-state index in [1.165, 1.54) is 12.1 Å². The number of nitro groups is 1. The summed E-state index contributed by atoms with van der Waals surface area (Å²) in [6.45, 7) is 0.0852. The number of ether oxygens (including phenoxy) is 1. The Kier molecular flexibility index (Phi) is 4.27. The van der Waals surface area contributed by atoms with Crippen molar-refractivity contribution in [2.24, 2.45) is 0 Å². The van der Waals surface area contributed by atoms with Gasteiger partial charge in [-0.25, -0.2) is 4.79 Å². The van der Waals surface area contributed by atoms with Crippen molar-refractivity contribution in [1.29, 1.82) is 0 Å². The molecule has 0 spiro atoms. The fourth-order valence-corrected chi connectivity index (χ4v) is 3.29. The van der Waals surface area contributed by atoms with Crippen molar-refractivity contribution in [2.75, 3.05) is 0 Å². The molecule has 0 aliphatic heterocycles. The molecule has 0 unspecified atom stereocenters. The molecule has 7 heteroatoms. The maximum Gasteiger partial charge on any atom is 0.340 e. The van der Waals surface area contributed by atoms with Gasteiger partial charge in [0.1, 0.15) is 6.61 Å². The Balaban J connectivity index is 1.80. The van der Waals surface area contributed by atoms with Crippen LogP contribution >= 0.6 is 22.9 Å². The first-order valence-corrected chi connectivity index (χ1v) is 7.88. The highest BCUT2D eigenvalue weighted by atomic mass is 35.5. The first-order chi connectivity index (χ1) is 11.1. The van der Waals surface area contributed by atoms with E-state index in [2.05, 4.69) is 0 Å². The highest BCUT2D eigenvalue weighted by molar-refractivity contribution is 7.17. The monoisotopic (exact) mass is 347 g/mol. The Bertz CT molecular complexity index is 906. The highest BCUT2D eigenvalue weighted by Crippen LogP contribution is 2.27. The summed E-state index contributed by atoms with van der Waals surface area (Å²) in [5.74, 6) is -0.686. The van der Waals surface area contributed by atoms with Crippen molar-refractivity contribution in [1.82, 2.24) is 0 Å². The van der Waals surface area contributed by atoms with Gasteiger partial charge in [0.15, 0.2) is 0 Å². The number of nitro benzene ring substituents is 1. The van der Waals surface area contributed by atoms with Gasteiger partial charge in [-0.05, 0) is 22.9 Å². The van der Waals surface area contributed by atoms with Gasteiger partial charge in [-0.15, -0.1) is 11.3 Å². The Morgan fingerprint density at radius 3 is 2.83 bits per heavy atom. The second kappa shape index (κ2) is 6.36. The normalized spacial score (nSPS) is 10.7. The van der Waals surface area contributed by atoms with E-state index in [0.29, 0.717) is 0 Å². The van der Waals surface area contributed by atoms with Gasteiger partial charge in [-0.3, -0.25) is 10.1 Å². The third-order valence-electron chi connectivity index (χ3n) is 3.30. The molecule has 1 aromatic heterocycles. The van der Waals surface area contributed by atoms with Gasteiger partial charge in [-0.2, -0.15) is 0 Å². The number of esters is 1. The standard InChI is InChI=1S/C16H10ClNO4S/c17-14-6-5-11(18(20)21)7-13(14)16(19)22-8-10-9-23-15-4-2-1-3-12(10)15/h1-7,9H,8H2. The van der Waals surface area contributed by atoms with Crippen LogP contribution in [-0.2, 0) is 11.3 Å². The highest BCUT2D eigenvalue weighted by Gasteiger charge is 2.17. The third-order valence-corrected chi connectivity index (χ3v) is 4.64. The molecule has 116 valence electrons. The summed E-state index contributed by atoms with van der Waals surface area (Å²) in [6, 6.07) is 11.5. The van der Waals surface area contributed by atoms with E-state index >= 15 is 0 Å². The first-order valence-electron chi connectivity index (χ1n) is 6.62. The van der Waals surface area contributed by atoms with Crippen LogP contribution in [0, 0.1) is 10.1 Å². The number of fused-ring (bicyclic) bond motifs is 1. The lowest BCUT2D eigenvalue weighted by atomic mass is 10.2. The molecule has 0 radical (unpaired) electrons. The zero-order chi connectivity index (χ0) is 16.4. The van der Waals surface area contributed by atoms with Crippen LogP contribution in [0.5, 0.6) is 0 Å². The van der Waals surface area contributed by atoms with Crippen molar-refractivity contribution in [2.45, 2.75) is 6.61 Å². The quantitative estimate of drug-likeness (QED) is 0.385. The van der Waals surface area contributed by atoms with Gasteiger partial charge in [0.2, 0.25) is 0 Å². The van der Waals surface area contributed by atoms with Crippen LogP contribution in [-0.4, -0.2) is 10.9 Å². The number of halogens is 1. The third kappa shape index (κ3) is 3.18. The molecule has 0 saturated heterocycles. The summed E-state index contributed by atoms with van der Waals surface area (Å²) in [7, 11) is 0. The molecule has 5 nitrogen and oxygen atoms in total. The molecule has 23 heavy (non-hydrogen) atoms. The van der Waals surface area contributed by atoms with Gasteiger partial charge < -0.3 is 4.74 Å². The van der Waals surface area contributed by atoms with Gasteiger partial charge in [0.05, 0.1) is 15.5 Å². The summed E-state index contributed by atoms with van der Waals surface area (Å²) in [6.07, 6.45) is 0. The molecular formula is C16H10ClNO4S. The first kappa shape index (κ1) is 15.5. The molecule has 3 rings (SSSR count). The van der Waals surface area contributed by atoms with Crippen LogP contribution in [0.2, 0.25) is 5.02 Å². The minimum atomic E-state index is -0.686. The van der Waals surface area contributed by atoms with Crippen LogP contribution in [0.25, 0.3) is 10.1 Å². The lowest BCUT2D eigenvalue weighted by molar-refractivity contribution is -0.384. The van der Waals surface area contributed by atoms with Crippen LogP contribution in [0.3, 0.4) is 0 Å². The smallest absolute Gasteiger partial charge is 0.340 e. The summed E-state index contributed by atoms with van der Waals surface area (Å²) in [5.41, 5.74) is 0.670. The number of hydrogen-bond donors (Lipinski definition) is 0. The minimum Gasteiger partial charge on any atom is -0.457 e. The Morgan fingerprint density at radius 1 is 1.26 bits per heavy atom. The Morgan fingerprint density at radius 2 is 2.04 bits per heavy atom. The van der Waals surface area contributed by atoms with Crippen LogP contribution in [0.15, 0.2) is 47.8 Å². The number of hydrogen-bond acceptors (Lipinski definition) is 5. The van der Waals surface area contributed by atoms with Gasteiger partial charge in [0.25, 0.3) is 5.69 Å². The van der Waals surface area contributed by atoms with Crippen molar-refractivity contribution in [3.63, 3.8) is 0 Å². The molecule has 1 heterocycles. The molecule has 2 aromatic carbocycles. The second-order valence-corrected chi connectivity index (χ2v) is 6.07. The molecule has 0 bridgehead atoms. The lowest BCUT2D eigenvalue weighted by Gasteiger charge is -2.06. The maximum absolute atomic E-state index is 12.1. The van der Waals surface area contributed by atoms with Crippen LogP contribution in [0.4, 0.5) is 5.69 Å². The zero-order valence-electron chi connectivity index (χ0n) is 11.7. The number of non-ortho nitro benzene ring substituents is 1. The molecule has 0 aliphatic carbocycles.